The SMILES string of the molecule is CC(Br)CNC(=O)c1ncccc1Br. The molecule has 1 N–H and O–H groups in total. The molecule has 1 heterocycles. The molecule has 1 aromatic heterocycles. The van der Waals surface area contributed by atoms with Crippen LogP contribution in [0, 0.1) is 0 Å². The Labute approximate surface area is 99.6 Å². The van der Waals surface area contributed by atoms with Crippen LogP contribution >= 0.6 is 31.9 Å². The second-order valence-corrected chi connectivity index (χ2v) is 5.24. The Morgan fingerprint density at radius 2 is 2.43 bits per heavy atom. The molecule has 5 heteroatoms. The maximum Gasteiger partial charge on any atom is 0.271 e. The van der Waals surface area contributed by atoms with Crippen LogP contribution in [0.15, 0.2) is 22.8 Å². The van der Waals surface area contributed by atoms with E-state index in [-0.39, 0.29) is 10.7 Å². The summed E-state index contributed by atoms with van der Waals surface area (Å²) in [4.78, 5) is 15.8. The molecule has 0 radical (unpaired) electrons. The van der Waals surface area contributed by atoms with Gasteiger partial charge in [0.05, 0.1) is 0 Å². The number of pyridine rings is 1. The van der Waals surface area contributed by atoms with Crippen molar-refractivity contribution in [3.63, 3.8) is 0 Å². The number of rotatable bonds is 3. The van der Waals surface area contributed by atoms with Gasteiger partial charge in [-0.15, -0.1) is 0 Å². The molecule has 14 heavy (non-hydrogen) atoms. The number of alkyl halides is 1. The number of amides is 1. The lowest BCUT2D eigenvalue weighted by molar-refractivity contribution is 0.0948. The third-order valence-electron chi connectivity index (χ3n) is 1.52. The molecule has 0 saturated carbocycles. The van der Waals surface area contributed by atoms with Crippen molar-refractivity contribution in [1.82, 2.24) is 10.3 Å². The quantitative estimate of drug-likeness (QED) is 0.868. The lowest BCUT2D eigenvalue weighted by atomic mass is 10.3. The standard InChI is InChI=1S/C9H10Br2N2O/c1-6(10)5-13-9(14)8-7(11)3-2-4-12-8/h2-4,6H,5H2,1H3,(H,13,14). The van der Waals surface area contributed by atoms with Gasteiger partial charge >= 0.3 is 0 Å². The van der Waals surface area contributed by atoms with E-state index in [2.05, 4.69) is 42.2 Å². The average molecular weight is 322 g/mol. The molecule has 1 amide bonds. The normalized spacial score (nSPS) is 12.2. The molecular formula is C9H10Br2N2O. The third kappa shape index (κ3) is 3.38. The van der Waals surface area contributed by atoms with Gasteiger partial charge in [-0.1, -0.05) is 22.9 Å². The molecule has 0 spiro atoms. The molecular weight excluding hydrogens is 312 g/mol. The highest BCUT2D eigenvalue weighted by atomic mass is 79.9. The Morgan fingerprint density at radius 3 is 3.00 bits per heavy atom. The Balaban J connectivity index is 2.65. The number of halogens is 2. The number of nitrogens with zero attached hydrogens (tertiary/aromatic N) is 1. The fourth-order valence-electron chi connectivity index (χ4n) is 0.870. The van der Waals surface area contributed by atoms with Crippen LogP contribution in [0.5, 0.6) is 0 Å². The van der Waals surface area contributed by atoms with Gasteiger partial charge < -0.3 is 5.32 Å². The minimum absolute atomic E-state index is 0.163. The van der Waals surface area contributed by atoms with Crippen LogP contribution in [0.3, 0.4) is 0 Å². The first-order valence-corrected chi connectivity index (χ1v) is 5.85. The van der Waals surface area contributed by atoms with Crippen LogP contribution in [-0.4, -0.2) is 22.3 Å². The van der Waals surface area contributed by atoms with Gasteiger partial charge in [-0.05, 0) is 28.1 Å². The molecule has 1 rings (SSSR count). The monoisotopic (exact) mass is 320 g/mol. The molecule has 0 fully saturated rings. The summed E-state index contributed by atoms with van der Waals surface area (Å²) in [6, 6.07) is 3.56. The molecule has 0 bridgehead atoms. The number of aromatic nitrogens is 1. The summed E-state index contributed by atoms with van der Waals surface area (Å²) in [6.07, 6.45) is 1.59. The summed E-state index contributed by atoms with van der Waals surface area (Å²) < 4.78 is 0.708. The van der Waals surface area contributed by atoms with Gasteiger partial charge in [-0.25, -0.2) is 4.98 Å². The van der Waals surface area contributed by atoms with Crippen LogP contribution in [0.2, 0.25) is 0 Å². The summed E-state index contributed by atoms with van der Waals surface area (Å²) in [5.41, 5.74) is 0.417. The van der Waals surface area contributed by atoms with Crippen LogP contribution in [0.4, 0.5) is 0 Å². The average Bonchev–Trinajstić information content (AvgIpc) is 2.15. The second kappa shape index (κ2) is 5.46. The van der Waals surface area contributed by atoms with E-state index in [1.54, 1.807) is 18.3 Å². The van der Waals surface area contributed by atoms with Gasteiger partial charge in [0, 0.05) is 22.0 Å². The number of hydrogen-bond donors (Lipinski definition) is 1. The first-order chi connectivity index (χ1) is 6.61. The van der Waals surface area contributed by atoms with E-state index in [0.717, 1.165) is 0 Å². The Bertz CT molecular complexity index is 328. The van der Waals surface area contributed by atoms with Gasteiger partial charge in [0.1, 0.15) is 5.69 Å². The van der Waals surface area contributed by atoms with Crippen molar-refractivity contribution in [2.24, 2.45) is 0 Å². The van der Waals surface area contributed by atoms with Crippen molar-refractivity contribution in [3.8, 4) is 0 Å². The van der Waals surface area contributed by atoms with Crippen LogP contribution in [0.25, 0.3) is 0 Å². The highest BCUT2D eigenvalue weighted by Gasteiger charge is 2.10. The van der Waals surface area contributed by atoms with E-state index in [0.29, 0.717) is 16.7 Å². The van der Waals surface area contributed by atoms with Gasteiger partial charge in [-0.3, -0.25) is 4.79 Å². The first kappa shape index (κ1) is 11.7. The van der Waals surface area contributed by atoms with Crippen LogP contribution < -0.4 is 5.32 Å². The van der Waals surface area contributed by atoms with Gasteiger partial charge in [0.25, 0.3) is 5.91 Å². The molecule has 0 aliphatic heterocycles. The van der Waals surface area contributed by atoms with E-state index in [4.69, 9.17) is 0 Å². The Morgan fingerprint density at radius 1 is 1.71 bits per heavy atom. The van der Waals surface area contributed by atoms with Crippen molar-refractivity contribution in [2.75, 3.05) is 6.54 Å². The second-order valence-electron chi connectivity index (χ2n) is 2.82. The maximum atomic E-state index is 11.5. The highest BCUT2D eigenvalue weighted by Crippen LogP contribution is 2.12. The molecule has 0 saturated heterocycles. The van der Waals surface area contributed by atoms with E-state index in [1.165, 1.54) is 0 Å². The minimum Gasteiger partial charge on any atom is -0.350 e. The van der Waals surface area contributed by atoms with Crippen LogP contribution in [0.1, 0.15) is 17.4 Å². The van der Waals surface area contributed by atoms with Gasteiger partial charge in [0.15, 0.2) is 0 Å². The molecule has 1 aromatic rings. The molecule has 1 unspecified atom stereocenters. The van der Waals surface area contributed by atoms with Crippen LogP contribution in [-0.2, 0) is 0 Å². The first-order valence-electron chi connectivity index (χ1n) is 4.14. The number of carbonyl (C=O) groups excluding carboxylic acids is 1. The maximum absolute atomic E-state index is 11.5. The Hall–Kier alpha value is -0.420. The fraction of sp³-hybridized carbons (Fsp3) is 0.333. The molecule has 0 aromatic carbocycles. The smallest absolute Gasteiger partial charge is 0.271 e. The lowest BCUT2D eigenvalue weighted by Gasteiger charge is -2.06. The summed E-state index contributed by atoms with van der Waals surface area (Å²) in [5.74, 6) is -0.163. The zero-order valence-electron chi connectivity index (χ0n) is 7.63. The molecule has 0 aliphatic carbocycles. The topological polar surface area (TPSA) is 42.0 Å². The summed E-state index contributed by atoms with van der Waals surface area (Å²) in [7, 11) is 0. The summed E-state index contributed by atoms with van der Waals surface area (Å²) >= 11 is 6.62. The molecule has 3 nitrogen and oxygen atoms in total. The van der Waals surface area contributed by atoms with Crippen molar-refractivity contribution in [2.45, 2.75) is 11.8 Å². The third-order valence-corrected chi connectivity index (χ3v) is 2.48. The van der Waals surface area contributed by atoms with Gasteiger partial charge in [0.2, 0.25) is 0 Å². The van der Waals surface area contributed by atoms with Crippen molar-refractivity contribution in [1.29, 1.82) is 0 Å². The number of hydrogen-bond acceptors (Lipinski definition) is 2. The number of carbonyl (C=O) groups is 1. The molecule has 76 valence electrons. The molecule has 1 atom stereocenters. The van der Waals surface area contributed by atoms with Gasteiger partial charge in [-0.2, -0.15) is 0 Å². The van der Waals surface area contributed by atoms with E-state index < -0.39 is 0 Å². The zero-order chi connectivity index (χ0) is 10.6. The van der Waals surface area contributed by atoms with Crippen molar-refractivity contribution >= 4 is 37.8 Å². The van der Waals surface area contributed by atoms with Crippen molar-refractivity contribution < 1.29 is 4.79 Å². The summed E-state index contributed by atoms with van der Waals surface area (Å²) in [5, 5.41) is 2.76. The number of nitrogens with one attached hydrogen (secondary N) is 1. The predicted octanol–water partition coefficient (Wildman–Crippen LogP) is 2.36. The molecule has 0 aliphatic rings. The van der Waals surface area contributed by atoms with E-state index in [1.807, 2.05) is 6.92 Å². The zero-order valence-corrected chi connectivity index (χ0v) is 10.8. The summed E-state index contributed by atoms with van der Waals surface area (Å²) in [6.45, 7) is 2.55. The minimum atomic E-state index is -0.163. The van der Waals surface area contributed by atoms with E-state index >= 15 is 0 Å². The fourth-order valence-corrected chi connectivity index (χ4v) is 1.47. The lowest BCUT2D eigenvalue weighted by Crippen LogP contribution is -2.29. The Kier molecular flexibility index (Phi) is 4.54. The predicted molar refractivity (Wildman–Crippen MR) is 62.7 cm³/mol. The van der Waals surface area contributed by atoms with Crippen molar-refractivity contribution in [3.05, 3.63) is 28.5 Å². The van der Waals surface area contributed by atoms with E-state index in [9.17, 15) is 4.79 Å². The largest absolute Gasteiger partial charge is 0.350 e. The highest BCUT2D eigenvalue weighted by molar-refractivity contribution is 9.10.